The second-order valence-corrected chi connectivity index (χ2v) is 7.20. The van der Waals surface area contributed by atoms with Crippen LogP contribution in [0.25, 0.3) is 0 Å². The standard InChI is InChI=1S/C14H22ClNO3S/c1-4-14(5-2,10-17)9-16-20(18,19)13-8-6-7-12(15)11(13)3/h6-8,16-17H,4-5,9-10H2,1-3H3. The van der Waals surface area contributed by atoms with Crippen LogP contribution < -0.4 is 4.72 Å². The van der Waals surface area contributed by atoms with Crippen LogP contribution in [-0.4, -0.2) is 26.7 Å². The van der Waals surface area contributed by atoms with Gasteiger partial charge >= 0.3 is 0 Å². The molecule has 2 N–H and O–H groups in total. The highest BCUT2D eigenvalue weighted by Gasteiger charge is 2.28. The van der Waals surface area contributed by atoms with Gasteiger partial charge in [0, 0.05) is 23.6 Å². The fourth-order valence-corrected chi connectivity index (χ4v) is 3.64. The molecule has 114 valence electrons. The van der Waals surface area contributed by atoms with Gasteiger partial charge in [-0.2, -0.15) is 0 Å². The SMILES string of the molecule is CCC(CC)(CO)CNS(=O)(=O)c1cccc(Cl)c1C. The lowest BCUT2D eigenvalue weighted by Crippen LogP contribution is -2.39. The Morgan fingerprint density at radius 1 is 1.30 bits per heavy atom. The van der Waals surface area contributed by atoms with E-state index >= 15 is 0 Å². The van der Waals surface area contributed by atoms with Gasteiger partial charge in [0.15, 0.2) is 0 Å². The Hall–Kier alpha value is -0.620. The lowest BCUT2D eigenvalue weighted by molar-refractivity contribution is 0.119. The van der Waals surface area contributed by atoms with Gasteiger partial charge in [-0.05, 0) is 37.5 Å². The van der Waals surface area contributed by atoms with Crippen molar-refractivity contribution in [2.24, 2.45) is 5.41 Å². The smallest absolute Gasteiger partial charge is 0.240 e. The first-order valence-corrected chi connectivity index (χ1v) is 8.53. The summed E-state index contributed by atoms with van der Waals surface area (Å²) in [7, 11) is -3.62. The summed E-state index contributed by atoms with van der Waals surface area (Å²) in [5.41, 5.74) is 0.115. The van der Waals surface area contributed by atoms with E-state index in [9.17, 15) is 13.5 Å². The number of sulfonamides is 1. The molecule has 0 radical (unpaired) electrons. The van der Waals surface area contributed by atoms with Crippen molar-refractivity contribution in [3.63, 3.8) is 0 Å². The van der Waals surface area contributed by atoms with E-state index in [1.165, 1.54) is 6.07 Å². The van der Waals surface area contributed by atoms with Crippen molar-refractivity contribution in [3.8, 4) is 0 Å². The minimum absolute atomic E-state index is 0.0446. The zero-order valence-electron chi connectivity index (χ0n) is 12.1. The van der Waals surface area contributed by atoms with E-state index in [1.807, 2.05) is 13.8 Å². The molecule has 0 aliphatic carbocycles. The lowest BCUT2D eigenvalue weighted by atomic mass is 9.84. The van der Waals surface area contributed by atoms with Crippen LogP contribution in [0.3, 0.4) is 0 Å². The van der Waals surface area contributed by atoms with E-state index in [4.69, 9.17) is 11.6 Å². The molecule has 0 saturated heterocycles. The highest BCUT2D eigenvalue weighted by molar-refractivity contribution is 7.89. The number of halogens is 1. The largest absolute Gasteiger partial charge is 0.396 e. The highest BCUT2D eigenvalue weighted by atomic mass is 35.5. The number of rotatable bonds is 7. The second-order valence-electron chi connectivity index (χ2n) is 5.05. The molecular formula is C14H22ClNO3S. The van der Waals surface area contributed by atoms with Gasteiger partial charge in [-0.3, -0.25) is 0 Å². The summed E-state index contributed by atoms with van der Waals surface area (Å²) >= 11 is 5.96. The average Bonchev–Trinajstić information content (AvgIpc) is 2.44. The third-order valence-electron chi connectivity index (χ3n) is 3.98. The topological polar surface area (TPSA) is 66.4 Å². The van der Waals surface area contributed by atoms with Crippen LogP contribution in [0.5, 0.6) is 0 Å². The molecule has 0 aliphatic rings. The molecule has 0 heterocycles. The van der Waals surface area contributed by atoms with Crippen molar-refractivity contribution in [2.75, 3.05) is 13.2 Å². The quantitative estimate of drug-likeness (QED) is 0.812. The number of aliphatic hydroxyl groups excluding tert-OH is 1. The molecule has 0 atom stereocenters. The second kappa shape index (κ2) is 6.89. The monoisotopic (exact) mass is 319 g/mol. The molecule has 1 aromatic carbocycles. The van der Waals surface area contributed by atoms with Gasteiger partial charge < -0.3 is 5.11 Å². The van der Waals surface area contributed by atoms with Crippen LogP contribution in [0.2, 0.25) is 5.02 Å². The van der Waals surface area contributed by atoms with Gasteiger partial charge in [0.2, 0.25) is 10.0 Å². The Bertz CT molecular complexity index is 545. The van der Waals surface area contributed by atoms with Gasteiger partial charge in [0.1, 0.15) is 0 Å². The van der Waals surface area contributed by atoms with Crippen LogP contribution in [-0.2, 0) is 10.0 Å². The normalized spacial score (nSPS) is 12.7. The van der Waals surface area contributed by atoms with E-state index in [1.54, 1.807) is 19.1 Å². The third kappa shape index (κ3) is 3.73. The van der Waals surface area contributed by atoms with Crippen LogP contribution in [0.1, 0.15) is 32.3 Å². The Labute approximate surface area is 126 Å². The Balaban J connectivity index is 2.99. The van der Waals surface area contributed by atoms with Crippen LogP contribution in [0, 0.1) is 12.3 Å². The van der Waals surface area contributed by atoms with Crippen molar-refractivity contribution in [1.29, 1.82) is 0 Å². The Morgan fingerprint density at radius 3 is 2.40 bits per heavy atom. The maximum Gasteiger partial charge on any atom is 0.240 e. The number of nitrogens with one attached hydrogen (secondary N) is 1. The molecule has 0 bridgehead atoms. The predicted molar refractivity (Wildman–Crippen MR) is 81.5 cm³/mol. The summed E-state index contributed by atoms with van der Waals surface area (Å²) in [4.78, 5) is 0.184. The van der Waals surface area contributed by atoms with E-state index in [2.05, 4.69) is 4.72 Å². The van der Waals surface area contributed by atoms with E-state index in [0.717, 1.165) is 0 Å². The molecule has 0 amide bonds. The maximum atomic E-state index is 12.3. The summed E-state index contributed by atoms with van der Waals surface area (Å²) in [5.74, 6) is 0. The third-order valence-corrected chi connectivity index (χ3v) is 5.94. The Kier molecular flexibility index (Phi) is 6.01. The fraction of sp³-hybridized carbons (Fsp3) is 0.571. The summed E-state index contributed by atoms with van der Waals surface area (Å²) in [6.07, 6.45) is 1.41. The van der Waals surface area contributed by atoms with Crippen LogP contribution in [0.15, 0.2) is 23.1 Å². The highest BCUT2D eigenvalue weighted by Crippen LogP contribution is 2.27. The minimum atomic E-state index is -3.62. The molecule has 20 heavy (non-hydrogen) atoms. The van der Waals surface area contributed by atoms with Crippen molar-refractivity contribution in [3.05, 3.63) is 28.8 Å². The molecule has 1 aromatic rings. The van der Waals surface area contributed by atoms with E-state index in [0.29, 0.717) is 23.4 Å². The van der Waals surface area contributed by atoms with Crippen molar-refractivity contribution < 1.29 is 13.5 Å². The predicted octanol–water partition coefficient (Wildman–Crippen LogP) is 2.73. The fourth-order valence-electron chi connectivity index (χ4n) is 1.98. The summed E-state index contributed by atoms with van der Waals surface area (Å²) in [6.45, 7) is 5.73. The summed E-state index contributed by atoms with van der Waals surface area (Å²) in [6, 6.07) is 4.80. The van der Waals surface area contributed by atoms with E-state index in [-0.39, 0.29) is 18.0 Å². The first kappa shape index (κ1) is 17.4. The molecule has 6 heteroatoms. The molecule has 0 unspecified atom stereocenters. The van der Waals surface area contributed by atoms with Gasteiger partial charge in [-0.15, -0.1) is 0 Å². The van der Waals surface area contributed by atoms with Crippen LogP contribution in [0.4, 0.5) is 0 Å². The maximum absolute atomic E-state index is 12.3. The molecule has 0 fully saturated rings. The number of benzene rings is 1. The van der Waals surface area contributed by atoms with Crippen LogP contribution >= 0.6 is 11.6 Å². The number of aliphatic hydroxyl groups is 1. The number of hydrogen-bond acceptors (Lipinski definition) is 3. The zero-order chi connectivity index (χ0) is 15.4. The summed E-state index contributed by atoms with van der Waals surface area (Å²) < 4.78 is 27.3. The molecular weight excluding hydrogens is 298 g/mol. The summed E-state index contributed by atoms with van der Waals surface area (Å²) in [5, 5.41) is 9.91. The van der Waals surface area contributed by atoms with Crippen molar-refractivity contribution in [2.45, 2.75) is 38.5 Å². The lowest BCUT2D eigenvalue weighted by Gasteiger charge is -2.29. The Morgan fingerprint density at radius 2 is 1.90 bits per heavy atom. The number of hydrogen-bond donors (Lipinski definition) is 2. The van der Waals surface area contributed by atoms with Gasteiger partial charge in [-0.1, -0.05) is 31.5 Å². The first-order valence-electron chi connectivity index (χ1n) is 6.67. The van der Waals surface area contributed by atoms with E-state index < -0.39 is 15.4 Å². The minimum Gasteiger partial charge on any atom is -0.396 e. The molecule has 0 spiro atoms. The van der Waals surface area contributed by atoms with Gasteiger partial charge in [0.25, 0.3) is 0 Å². The molecule has 0 saturated carbocycles. The first-order chi connectivity index (χ1) is 9.32. The molecule has 0 aromatic heterocycles. The van der Waals surface area contributed by atoms with Gasteiger partial charge in [0.05, 0.1) is 4.90 Å². The molecule has 1 rings (SSSR count). The van der Waals surface area contributed by atoms with Crippen molar-refractivity contribution >= 4 is 21.6 Å². The average molecular weight is 320 g/mol. The molecule has 0 aliphatic heterocycles. The zero-order valence-corrected chi connectivity index (χ0v) is 13.7. The molecule has 4 nitrogen and oxygen atoms in total. The van der Waals surface area contributed by atoms with Crippen molar-refractivity contribution in [1.82, 2.24) is 4.72 Å². The van der Waals surface area contributed by atoms with Gasteiger partial charge in [-0.25, -0.2) is 13.1 Å².